The summed E-state index contributed by atoms with van der Waals surface area (Å²) in [5, 5.41) is 9.45. The molecule has 1 aromatic heterocycles. The van der Waals surface area contributed by atoms with Crippen LogP contribution in [0.1, 0.15) is 24.6 Å². The molecule has 0 spiro atoms. The summed E-state index contributed by atoms with van der Waals surface area (Å²) in [5.74, 6) is -0.796. The standard InChI is InChI=1S/C17H17F2NO2/c1-10-7-14(12-4-3-11(18)8-15(12)19)13-5-6-17(2,9-21)22-16(13)20-10/h3-4,7-8,21H,5-6,9H2,1-2H3. The Bertz CT molecular complexity index is 733. The lowest BCUT2D eigenvalue weighted by Crippen LogP contribution is -2.40. The zero-order valence-corrected chi connectivity index (χ0v) is 12.5. The molecular formula is C17H17F2NO2. The van der Waals surface area contributed by atoms with Crippen LogP contribution in [0.4, 0.5) is 8.78 Å². The van der Waals surface area contributed by atoms with Crippen molar-refractivity contribution in [3.8, 4) is 17.0 Å². The van der Waals surface area contributed by atoms with Gasteiger partial charge in [-0.2, -0.15) is 0 Å². The number of aliphatic hydroxyl groups is 1. The molecule has 3 rings (SSSR count). The van der Waals surface area contributed by atoms with E-state index in [1.165, 1.54) is 12.1 Å². The average molecular weight is 305 g/mol. The Balaban J connectivity index is 2.14. The van der Waals surface area contributed by atoms with Gasteiger partial charge < -0.3 is 9.84 Å². The van der Waals surface area contributed by atoms with E-state index in [-0.39, 0.29) is 6.61 Å². The quantitative estimate of drug-likeness (QED) is 0.924. The summed E-state index contributed by atoms with van der Waals surface area (Å²) in [5.41, 5.74) is 1.80. The highest BCUT2D eigenvalue weighted by atomic mass is 19.1. The summed E-state index contributed by atoms with van der Waals surface area (Å²) >= 11 is 0. The van der Waals surface area contributed by atoms with Gasteiger partial charge >= 0.3 is 0 Å². The van der Waals surface area contributed by atoms with Gasteiger partial charge in [-0.3, -0.25) is 0 Å². The van der Waals surface area contributed by atoms with Crippen LogP contribution in [0.15, 0.2) is 24.3 Å². The van der Waals surface area contributed by atoms with E-state index in [4.69, 9.17) is 4.74 Å². The summed E-state index contributed by atoms with van der Waals surface area (Å²) in [7, 11) is 0. The molecule has 22 heavy (non-hydrogen) atoms. The second kappa shape index (κ2) is 5.32. The van der Waals surface area contributed by atoms with Crippen molar-refractivity contribution in [3.05, 3.63) is 47.2 Å². The maximum Gasteiger partial charge on any atom is 0.218 e. The fourth-order valence-corrected chi connectivity index (χ4v) is 2.73. The van der Waals surface area contributed by atoms with Gasteiger partial charge in [-0.25, -0.2) is 13.8 Å². The van der Waals surface area contributed by atoms with Crippen LogP contribution in [0.2, 0.25) is 0 Å². The van der Waals surface area contributed by atoms with Crippen LogP contribution in [0.5, 0.6) is 5.88 Å². The van der Waals surface area contributed by atoms with Gasteiger partial charge in [0, 0.05) is 22.9 Å². The number of ether oxygens (including phenoxy) is 1. The van der Waals surface area contributed by atoms with Gasteiger partial charge in [0.05, 0.1) is 6.61 Å². The first kappa shape index (κ1) is 14.9. The molecule has 116 valence electrons. The van der Waals surface area contributed by atoms with Gasteiger partial charge in [-0.1, -0.05) is 0 Å². The highest BCUT2D eigenvalue weighted by Crippen LogP contribution is 2.39. The number of pyridine rings is 1. The average Bonchev–Trinajstić information content (AvgIpc) is 2.46. The summed E-state index contributed by atoms with van der Waals surface area (Å²) in [6.07, 6.45) is 1.23. The van der Waals surface area contributed by atoms with E-state index < -0.39 is 17.2 Å². The van der Waals surface area contributed by atoms with E-state index in [1.807, 2.05) is 6.92 Å². The summed E-state index contributed by atoms with van der Waals surface area (Å²) < 4.78 is 33.1. The fourth-order valence-electron chi connectivity index (χ4n) is 2.73. The molecule has 1 unspecified atom stereocenters. The Morgan fingerprint density at radius 3 is 2.73 bits per heavy atom. The molecule has 2 aromatic rings. The van der Waals surface area contributed by atoms with E-state index in [0.29, 0.717) is 35.5 Å². The van der Waals surface area contributed by atoms with Crippen molar-refractivity contribution in [3.63, 3.8) is 0 Å². The number of hydrogen-bond acceptors (Lipinski definition) is 3. The first-order valence-electron chi connectivity index (χ1n) is 7.18. The zero-order chi connectivity index (χ0) is 15.9. The molecule has 0 amide bonds. The topological polar surface area (TPSA) is 42.4 Å². The molecule has 1 aliphatic rings. The molecule has 1 atom stereocenters. The van der Waals surface area contributed by atoms with Gasteiger partial charge in [0.1, 0.15) is 17.2 Å². The van der Waals surface area contributed by atoms with E-state index in [0.717, 1.165) is 11.6 Å². The maximum atomic E-state index is 14.1. The molecule has 0 saturated heterocycles. The molecule has 0 bridgehead atoms. The Hall–Kier alpha value is -2.01. The van der Waals surface area contributed by atoms with E-state index >= 15 is 0 Å². The van der Waals surface area contributed by atoms with E-state index in [1.54, 1.807) is 13.0 Å². The third-order valence-corrected chi connectivity index (χ3v) is 4.02. The number of aromatic nitrogens is 1. The predicted octanol–water partition coefficient (Wildman–Crippen LogP) is 3.41. The molecule has 0 radical (unpaired) electrons. The van der Waals surface area contributed by atoms with Crippen molar-refractivity contribution in [1.29, 1.82) is 0 Å². The Morgan fingerprint density at radius 1 is 1.27 bits per heavy atom. The first-order chi connectivity index (χ1) is 10.4. The van der Waals surface area contributed by atoms with Crippen LogP contribution < -0.4 is 4.74 Å². The van der Waals surface area contributed by atoms with Crippen molar-refractivity contribution in [2.75, 3.05) is 6.61 Å². The van der Waals surface area contributed by atoms with E-state index in [2.05, 4.69) is 4.98 Å². The third-order valence-electron chi connectivity index (χ3n) is 4.02. The first-order valence-corrected chi connectivity index (χ1v) is 7.18. The molecule has 1 aliphatic heterocycles. The van der Waals surface area contributed by atoms with Crippen LogP contribution >= 0.6 is 0 Å². The van der Waals surface area contributed by atoms with Gasteiger partial charge in [-0.15, -0.1) is 0 Å². The summed E-state index contributed by atoms with van der Waals surface area (Å²) in [6, 6.07) is 5.32. The Kier molecular flexibility index (Phi) is 3.60. The Morgan fingerprint density at radius 2 is 2.05 bits per heavy atom. The van der Waals surface area contributed by atoms with Gasteiger partial charge in [-0.05, 0) is 50.5 Å². The number of nitrogens with zero attached hydrogens (tertiary/aromatic N) is 1. The number of hydrogen-bond donors (Lipinski definition) is 1. The molecule has 0 fully saturated rings. The number of aliphatic hydroxyl groups excluding tert-OH is 1. The number of fused-ring (bicyclic) bond motifs is 1. The van der Waals surface area contributed by atoms with Crippen LogP contribution in [0.25, 0.3) is 11.1 Å². The molecular weight excluding hydrogens is 288 g/mol. The molecule has 1 aromatic carbocycles. The highest BCUT2D eigenvalue weighted by Gasteiger charge is 2.33. The number of benzene rings is 1. The molecule has 3 nitrogen and oxygen atoms in total. The van der Waals surface area contributed by atoms with Gasteiger partial charge in [0.15, 0.2) is 0 Å². The Labute approximate surface area is 127 Å². The zero-order valence-electron chi connectivity index (χ0n) is 12.5. The van der Waals surface area contributed by atoms with Crippen molar-refractivity contribution in [1.82, 2.24) is 4.98 Å². The second-order valence-corrected chi connectivity index (χ2v) is 5.93. The molecule has 1 N–H and O–H groups in total. The molecule has 5 heteroatoms. The number of rotatable bonds is 2. The van der Waals surface area contributed by atoms with Crippen LogP contribution in [0.3, 0.4) is 0 Å². The number of aryl methyl sites for hydroxylation is 1. The SMILES string of the molecule is Cc1cc(-c2ccc(F)cc2F)c2c(n1)OC(C)(CO)CC2. The van der Waals surface area contributed by atoms with E-state index in [9.17, 15) is 13.9 Å². The van der Waals surface area contributed by atoms with Crippen molar-refractivity contribution >= 4 is 0 Å². The maximum absolute atomic E-state index is 14.1. The van der Waals surface area contributed by atoms with Crippen molar-refractivity contribution in [2.45, 2.75) is 32.3 Å². The molecule has 0 aliphatic carbocycles. The second-order valence-electron chi connectivity index (χ2n) is 5.93. The minimum atomic E-state index is -0.674. The minimum absolute atomic E-state index is 0.109. The lowest BCUT2D eigenvalue weighted by molar-refractivity contribution is 0.00407. The fraction of sp³-hybridized carbons (Fsp3) is 0.353. The van der Waals surface area contributed by atoms with Gasteiger partial charge in [0.25, 0.3) is 0 Å². The summed E-state index contributed by atoms with van der Waals surface area (Å²) in [4.78, 5) is 4.36. The number of halogens is 2. The molecule has 0 saturated carbocycles. The smallest absolute Gasteiger partial charge is 0.218 e. The highest BCUT2D eigenvalue weighted by molar-refractivity contribution is 5.70. The van der Waals surface area contributed by atoms with Crippen LogP contribution in [-0.4, -0.2) is 22.3 Å². The van der Waals surface area contributed by atoms with Gasteiger partial charge in [0.2, 0.25) is 5.88 Å². The largest absolute Gasteiger partial charge is 0.469 e. The normalized spacial score (nSPS) is 20.4. The molecule has 2 heterocycles. The van der Waals surface area contributed by atoms with Crippen molar-refractivity contribution < 1.29 is 18.6 Å². The summed E-state index contributed by atoms with van der Waals surface area (Å²) in [6.45, 7) is 3.50. The minimum Gasteiger partial charge on any atom is -0.469 e. The third kappa shape index (κ3) is 2.57. The lowest BCUT2D eigenvalue weighted by atomic mass is 9.89. The lowest BCUT2D eigenvalue weighted by Gasteiger charge is -2.34. The van der Waals surface area contributed by atoms with Crippen molar-refractivity contribution in [2.24, 2.45) is 0 Å². The van der Waals surface area contributed by atoms with Crippen LogP contribution in [0, 0.1) is 18.6 Å². The predicted molar refractivity (Wildman–Crippen MR) is 78.8 cm³/mol. The van der Waals surface area contributed by atoms with Crippen LogP contribution in [-0.2, 0) is 6.42 Å². The monoisotopic (exact) mass is 305 g/mol.